The van der Waals surface area contributed by atoms with Gasteiger partial charge in [-0.3, -0.25) is 0 Å². The molecule has 1 aliphatic carbocycles. The first-order valence-corrected chi connectivity index (χ1v) is 16.0. The standard InChI is InChI=1S/C45H26N2/c1-46-32-21-23-41-37(27-32)34-16-10-11-19-40(34)47(41)33-22-20-30-25-38-39(26-31(30)24-33)45-43(29-14-6-3-7-15-29)36-18-9-8-17-35(36)42(44(38)45)28-12-4-2-5-13-28/h2-27H. The second-order valence-corrected chi connectivity index (χ2v) is 12.4. The van der Waals surface area contributed by atoms with Crippen molar-refractivity contribution in [3.05, 3.63) is 169 Å². The predicted molar refractivity (Wildman–Crippen MR) is 197 cm³/mol. The van der Waals surface area contributed by atoms with Gasteiger partial charge in [0.25, 0.3) is 0 Å². The van der Waals surface area contributed by atoms with E-state index in [2.05, 4.69) is 155 Å². The molecule has 216 valence electrons. The van der Waals surface area contributed by atoms with Crippen LogP contribution < -0.4 is 0 Å². The number of aromatic nitrogens is 1. The third-order valence-corrected chi connectivity index (χ3v) is 9.88. The molecule has 0 spiro atoms. The second-order valence-electron chi connectivity index (χ2n) is 12.4. The van der Waals surface area contributed by atoms with Crippen LogP contribution in [0.4, 0.5) is 5.69 Å². The van der Waals surface area contributed by atoms with Gasteiger partial charge in [0.1, 0.15) is 0 Å². The van der Waals surface area contributed by atoms with E-state index in [0.29, 0.717) is 5.69 Å². The Balaban J connectivity index is 1.25. The minimum atomic E-state index is 0.661. The van der Waals surface area contributed by atoms with Crippen LogP contribution >= 0.6 is 0 Å². The summed E-state index contributed by atoms with van der Waals surface area (Å²) < 4.78 is 2.33. The number of rotatable bonds is 3. The van der Waals surface area contributed by atoms with Crippen LogP contribution in [0.2, 0.25) is 0 Å². The smallest absolute Gasteiger partial charge is 0.188 e. The van der Waals surface area contributed by atoms with Gasteiger partial charge < -0.3 is 4.57 Å². The first-order valence-electron chi connectivity index (χ1n) is 16.0. The molecule has 2 nitrogen and oxygen atoms in total. The van der Waals surface area contributed by atoms with Crippen molar-refractivity contribution in [2.75, 3.05) is 0 Å². The molecule has 0 aliphatic heterocycles. The van der Waals surface area contributed by atoms with Crippen LogP contribution in [0, 0.1) is 6.57 Å². The van der Waals surface area contributed by atoms with Gasteiger partial charge in [-0.1, -0.05) is 115 Å². The van der Waals surface area contributed by atoms with Crippen molar-refractivity contribution in [2.45, 2.75) is 0 Å². The van der Waals surface area contributed by atoms with Gasteiger partial charge in [-0.15, -0.1) is 0 Å². The van der Waals surface area contributed by atoms with Gasteiger partial charge in [-0.2, -0.15) is 0 Å². The van der Waals surface area contributed by atoms with Crippen LogP contribution in [0.15, 0.2) is 158 Å². The van der Waals surface area contributed by atoms with Crippen LogP contribution in [-0.4, -0.2) is 4.57 Å². The van der Waals surface area contributed by atoms with Crippen molar-refractivity contribution in [1.82, 2.24) is 4.57 Å². The lowest BCUT2D eigenvalue weighted by Gasteiger charge is -2.32. The molecule has 8 aromatic carbocycles. The van der Waals surface area contributed by atoms with Crippen molar-refractivity contribution < 1.29 is 0 Å². The molecule has 0 unspecified atom stereocenters. The molecule has 1 aromatic heterocycles. The molecule has 47 heavy (non-hydrogen) atoms. The lowest BCUT2D eigenvalue weighted by atomic mass is 9.70. The topological polar surface area (TPSA) is 9.29 Å². The van der Waals surface area contributed by atoms with E-state index < -0.39 is 0 Å². The summed E-state index contributed by atoms with van der Waals surface area (Å²) in [5.74, 6) is 0. The summed E-state index contributed by atoms with van der Waals surface area (Å²) in [7, 11) is 0. The average molecular weight is 595 g/mol. The highest BCUT2D eigenvalue weighted by Crippen LogP contribution is 2.59. The van der Waals surface area contributed by atoms with E-state index in [1.54, 1.807) is 0 Å². The molecule has 2 heteroatoms. The normalized spacial score (nSPS) is 11.8. The molecule has 0 bridgehead atoms. The van der Waals surface area contributed by atoms with Gasteiger partial charge in [0, 0.05) is 11.1 Å². The molecule has 0 fully saturated rings. The molecule has 1 aliphatic rings. The molecule has 9 aromatic rings. The van der Waals surface area contributed by atoms with Crippen molar-refractivity contribution >= 4 is 49.0 Å². The fourth-order valence-corrected chi connectivity index (χ4v) is 7.87. The summed E-state index contributed by atoms with van der Waals surface area (Å²) in [6, 6.07) is 56.7. The Bertz CT molecular complexity index is 2780. The maximum atomic E-state index is 7.58. The van der Waals surface area contributed by atoms with Crippen molar-refractivity contribution in [3.8, 4) is 50.2 Å². The summed E-state index contributed by atoms with van der Waals surface area (Å²) in [5, 5.41) is 7.26. The Morgan fingerprint density at radius 1 is 0.404 bits per heavy atom. The SMILES string of the molecule is [C-]#[N+]c1ccc2c(c1)c1ccccc1n2-c1ccc2cc3c(cc2c1)-c1c-3c(-c2ccccc2)c2ccccc2c1-c1ccccc1. The minimum Gasteiger partial charge on any atom is -0.309 e. The van der Waals surface area contributed by atoms with E-state index >= 15 is 0 Å². The zero-order valence-corrected chi connectivity index (χ0v) is 25.4. The van der Waals surface area contributed by atoms with Crippen molar-refractivity contribution in [1.29, 1.82) is 0 Å². The van der Waals surface area contributed by atoms with Crippen LogP contribution in [0.3, 0.4) is 0 Å². The summed E-state index contributed by atoms with van der Waals surface area (Å²) in [4.78, 5) is 3.71. The van der Waals surface area contributed by atoms with E-state index in [-0.39, 0.29) is 0 Å². The number of hydrogen-bond donors (Lipinski definition) is 0. The molecule has 0 saturated heterocycles. The molecule has 1 heterocycles. The fraction of sp³-hybridized carbons (Fsp3) is 0. The van der Waals surface area contributed by atoms with Crippen molar-refractivity contribution in [2.24, 2.45) is 0 Å². The number of para-hydroxylation sites is 1. The third-order valence-electron chi connectivity index (χ3n) is 9.88. The molecule has 0 radical (unpaired) electrons. The summed E-state index contributed by atoms with van der Waals surface area (Å²) in [6.45, 7) is 7.58. The third kappa shape index (κ3) is 3.66. The number of fused-ring (bicyclic) bond motifs is 9. The van der Waals surface area contributed by atoms with Crippen LogP contribution in [0.25, 0.3) is 98.4 Å². The second kappa shape index (κ2) is 9.78. The molecule has 0 amide bonds. The first kappa shape index (κ1) is 25.9. The molecule has 0 atom stereocenters. The van der Waals surface area contributed by atoms with E-state index in [9.17, 15) is 0 Å². The van der Waals surface area contributed by atoms with Gasteiger partial charge in [-0.25, -0.2) is 4.85 Å². The lowest BCUT2D eigenvalue weighted by Crippen LogP contribution is -2.05. The van der Waals surface area contributed by atoms with Gasteiger partial charge in [0.15, 0.2) is 5.69 Å². The van der Waals surface area contributed by atoms with E-state index in [1.807, 2.05) is 12.1 Å². The van der Waals surface area contributed by atoms with Crippen LogP contribution in [0.1, 0.15) is 0 Å². The molecular formula is C45H26N2. The van der Waals surface area contributed by atoms with Gasteiger partial charge >= 0.3 is 0 Å². The number of hydrogen-bond acceptors (Lipinski definition) is 0. The average Bonchev–Trinajstić information content (AvgIpc) is 3.47. The lowest BCUT2D eigenvalue weighted by molar-refractivity contribution is 1.19. The Labute approximate surface area is 272 Å². The Hall–Kier alpha value is -6.43. The minimum absolute atomic E-state index is 0.661. The summed E-state index contributed by atoms with van der Waals surface area (Å²) in [5.41, 5.74) is 14.4. The monoisotopic (exact) mass is 594 g/mol. The summed E-state index contributed by atoms with van der Waals surface area (Å²) >= 11 is 0. The van der Waals surface area contributed by atoms with E-state index in [1.165, 1.54) is 66.1 Å². The Kier molecular flexibility index (Phi) is 5.38. The Morgan fingerprint density at radius 2 is 0.957 bits per heavy atom. The van der Waals surface area contributed by atoms with Crippen LogP contribution in [0.5, 0.6) is 0 Å². The fourth-order valence-electron chi connectivity index (χ4n) is 7.87. The molecular weight excluding hydrogens is 569 g/mol. The zero-order chi connectivity index (χ0) is 31.1. The number of benzene rings is 8. The highest BCUT2D eigenvalue weighted by Gasteiger charge is 2.32. The zero-order valence-electron chi connectivity index (χ0n) is 25.4. The van der Waals surface area contributed by atoms with E-state index in [0.717, 1.165) is 27.5 Å². The highest BCUT2D eigenvalue weighted by atomic mass is 15.0. The highest BCUT2D eigenvalue weighted by molar-refractivity contribution is 6.26. The van der Waals surface area contributed by atoms with Gasteiger partial charge in [0.05, 0.1) is 17.6 Å². The largest absolute Gasteiger partial charge is 0.309 e. The number of nitrogens with zero attached hydrogens (tertiary/aromatic N) is 2. The maximum absolute atomic E-state index is 7.58. The Morgan fingerprint density at radius 3 is 1.60 bits per heavy atom. The van der Waals surface area contributed by atoms with Gasteiger partial charge in [0.2, 0.25) is 0 Å². The molecule has 10 rings (SSSR count). The summed E-state index contributed by atoms with van der Waals surface area (Å²) in [6.07, 6.45) is 0. The van der Waals surface area contributed by atoms with E-state index in [4.69, 9.17) is 6.57 Å². The predicted octanol–water partition coefficient (Wildman–Crippen LogP) is 12.6. The molecule has 0 saturated carbocycles. The maximum Gasteiger partial charge on any atom is 0.188 e. The first-order chi connectivity index (χ1) is 23.3. The molecule has 0 N–H and O–H groups in total. The van der Waals surface area contributed by atoms with Gasteiger partial charge in [-0.05, 0) is 114 Å². The quantitative estimate of drug-likeness (QED) is 0.180. The van der Waals surface area contributed by atoms with Crippen LogP contribution in [-0.2, 0) is 0 Å². The van der Waals surface area contributed by atoms with Crippen molar-refractivity contribution in [3.63, 3.8) is 0 Å².